The zero-order valence-corrected chi connectivity index (χ0v) is 33.8. The standard InChI is InChI=1S/C44H53N7O6/c1-24(2)38(48-43(54)56-6)41(52)50-18-8-9-36(50)40-46-32-17-16-30(21-34(32)47-40)28-12-10-27(11-13-28)29-14-15-31-22-35(45-33(31)20-29)37-19-26(5)23-51(37)42(53)39(25(3)4)49-44(55)57-7/h10-17,20-21,24-26,36-39H,8-9,18-19,22-23H2,1-7H3,(H,46,47)(H,48,54)(H,49,55)/t26-,36-,37-,38-,39?/m0/s1. The number of rotatable bonds is 10. The number of hydrogen-bond donors (Lipinski definition) is 3. The summed E-state index contributed by atoms with van der Waals surface area (Å²) in [6, 6.07) is 19.3. The lowest BCUT2D eigenvalue weighted by Gasteiger charge is -2.31. The number of aromatic amines is 1. The molecule has 300 valence electrons. The van der Waals surface area contributed by atoms with Gasteiger partial charge in [-0.2, -0.15) is 0 Å². The summed E-state index contributed by atoms with van der Waals surface area (Å²) in [5.41, 5.74) is 9.00. The van der Waals surface area contributed by atoms with Gasteiger partial charge >= 0.3 is 12.2 Å². The van der Waals surface area contributed by atoms with Crippen molar-refractivity contribution in [2.45, 2.75) is 84.5 Å². The number of fused-ring (bicyclic) bond motifs is 2. The highest BCUT2D eigenvalue weighted by molar-refractivity contribution is 6.01. The molecule has 5 atom stereocenters. The number of ether oxygens (including phenoxy) is 2. The van der Waals surface area contributed by atoms with Gasteiger partial charge in [0.05, 0.1) is 43.0 Å². The van der Waals surface area contributed by atoms with Crippen molar-refractivity contribution in [3.05, 3.63) is 72.1 Å². The second-order valence-electron chi connectivity index (χ2n) is 16.3. The molecule has 3 N–H and O–H groups in total. The average Bonchev–Trinajstić information content (AvgIpc) is 4.02. The van der Waals surface area contributed by atoms with Crippen molar-refractivity contribution in [1.29, 1.82) is 0 Å². The maximum atomic E-state index is 13.8. The molecule has 13 nitrogen and oxygen atoms in total. The van der Waals surface area contributed by atoms with Gasteiger partial charge in [-0.3, -0.25) is 14.6 Å². The summed E-state index contributed by atoms with van der Waals surface area (Å²) in [5.74, 6) is 0.613. The third-order valence-electron chi connectivity index (χ3n) is 11.6. The number of H-pyrrole nitrogens is 1. The minimum Gasteiger partial charge on any atom is -0.453 e. The lowest BCUT2D eigenvalue weighted by Crippen LogP contribution is -2.53. The van der Waals surface area contributed by atoms with Gasteiger partial charge < -0.3 is 34.9 Å². The van der Waals surface area contributed by atoms with Gasteiger partial charge in [0.25, 0.3) is 0 Å². The number of nitrogens with one attached hydrogen (secondary N) is 3. The monoisotopic (exact) mass is 775 g/mol. The first-order chi connectivity index (χ1) is 27.3. The van der Waals surface area contributed by atoms with E-state index in [0.29, 0.717) is 25.4 Å². The van der Waals surface area contributed by atoms with E-state index in [0.717, 1.165) is 75.3 Å². The fourth-order valence-corrected chi connectivity index (χ4v) is 8.48. The van der Waals surface area contributed by atoms with Crippen molar-refractivity contribution in [3.8, 4) is 22.3 Å². The number of benzene rings is 3. The van der Waals surface area contributed by atoms with Gasteiger partial charge in [0.15, 0.2) is 0 Å². The van der Waals surface area contributed by atoms with Crippen molar-refractivity contribution in [2.75, 3.05) is 27.3 Å². The topological polar surface area (TPSA) is 158 Å². The van der Waals surface area contributed by atoms with Gasteiger partial charge in [0.2, 0.25) is 11.8 Å². The molecule has 4 amide bonds. The van der Waals surface area contributed by atoms with Crippen molar-refractivity contribution in [3.63, 3.8) is 0 Å². The number of alkyl carbamates (subject to hydrolysis) is 2. The summed E-state index contributed by atoms with van der Waals surface area (Å²) in [6.45, 7) is 11.0. The molecule has 7 rings (SSSR count). The lowest BCUT2D eigenvalue weighted by atomic mass is 9.97. The summed E-state index contributed by atoms with van der Waals surface area (Å²) in [4.78, 5) is 68.7. The van der Waals surface area contributed by atoms with Crippen LogP contribution in [0.15, 0.2) is 65.7 Å². The van der Waals surface area contributed by atoms with Crippen molar-refractivity contribution in [1.82, 2.24) is 30.4 Å². The molecule has 3 aromatic carbocycles. The minimum atomic E-state index is -0.690. The Labute approximate surface area is 333 Å². The average molecular weight is 776 g/mol. The molecule has 4 heterocycles. The second-order valence-corrected chi connectivity index (χ2v) is 16.3. The molecule has 0 spiro atoms. The molecule has 0 aliphatic carbocycles. The van der Waals surface area contributed by atoms with Crippen LogP contribution in [-0.2, 0) is 25.5 Å². The molecule has 13 heteroatoms. The Bertz CT molecular complexity index is 2190. The fraction of sp³-hybridized carbons (Fsp3) is 0.455. The number of nitrogens with zero attached hydrogens (tertiary/aromatic N) is 4. The molecule has 0 radical (unpaired) electrons. The Morgan fingerprint density at radius 2 is 1.35 bits per heavy atom. The largest absolute Gasteiger partial charge is 0.453 e. The van der Waals surface area contributed by atoms with Crippen LogP contribution in [0.5, 0.6) is 0 Å². The molecule has 0 saturated carbocycles. The van der Waals surface area contributed by atoms with Crippen LogP contribution in [0.1, 0.15) is 71.3 Å². The van der Waals surface area contributed by atoms with Gasteiger partial charge in [-0.25, -0.2) is 14.6 Å². The van der Waals surface area contributed by atoms with Crippen molar-refractivity contribution in [2.24, 2.45) is 22.7 Å². The molecule has 0 bridgehead atoms. The van der Waals surface area contributed by atoms with Crippen LogP contribution in [0.4, 0.5) is 15.3 Å². The van der Waals surface area contributed by atoms with Crippen LogP contribution in [0.3, 0.4) is 0 Å². The number of likely N-dealkylation sites (tertiary alicyclic amines) is 2. The predicted octanol–water partition coefficient (Wildman–Crippen LogP) is 7.19. The van der Waals surface area contributed by atoms with Gasteiger partial charge in [0, 0.05) is 25.2 Å². The molecular formula is C44H53N7O6. The molecule has 4 aromatic rings. The smallest absolute Gasteiger partial charge is 0.407 e. The third-order valence-corrected chi connectivity index (χ3v) is 11.6. The zero-order chi connectivity index (χ0) is 40.5. The van der Waals surface area contributed by atoms with E-state index >= 15 is 0 Å². The van der Waals surface area contributed by atoms with E-state index in [1.54, 1.807) is 0 Å². The second kappa shape index (κ2) is 16.4. The van der Waals surface area contributed by atoms with Crippen LogP contribution < -0.4 is 10.6 Å². The van der Waals surface area contributed by atoms with E-state index in [-0.39, 0.29) is 35.7 Å². The van der Waals surface area contributed by atoms with Crippen LogP contribution >= 0.6 is 0 Å². The van der Waals surface area contributed by atoms with Crippen molar-refractivity contribution >= 4 is 46.4 Å². The first-order valence-corrected chi connectivity index (χ1v) is 20.0. The van der Waals surface area contributed by atoms with E-state index < -0.39 is 24.3 Å². The highest BCUT2D eigenvalue weighted by atomic mass is 16.5. The molecule has 1 aromatic heterocycles. The third kappa shape index (κ3) is 8.10. The molecule has 2 fully saturated rings. The first-order valence-electron chi connectivity index (χ1n) is 20.0. The summed E-state index contributed by atoms with van der Waals surface area (Å²) in [6.07, 6.45) is 1.91. The molecule has 3 aliphatic rings. The summed E-state index contributed by atoms with van der Waals surface area (Å²) in [5, 5.41) is 5.45. The van der Waals surface area contributed by atoms with Gasteiger partial charge in [-0.05, 0) is 83.0 Å². The number of carbonyl (C=O) groups is 4. The quantitative estimate of drug-likeness (QED) is 0.154. The predicted molar refractivity (Wildman–Crippen MR) is 219 cm³/mol. The fourth-order valence-electron chi connectivity index (χ4n) is 8.48. The van der Waals surface area contributed by atoms with E-state index in [9.17, 15) is 19.2 Å². The first kappa shape index (κ1) is 39.5. The van der Waals surface area contributed by atoms with E-state index in [1.165, 1.54) is 14.2 Å². The number of aliphatic imine (C=N–C) groups is 1. The van der Waals surface area contributed by atoms with Crippen LogP contribution in [0, 0.1) is 17.8 Å². The Kier molecular flexibility index (Phi) is 11.4. The van der Waals surface area contributed by atoms with Crippen LogP contribution in [0.2, 0.25) is 0 Å². The molecular weight excluding hydrogens is 723 g/mol. The summed E-state index contributed by atoms with van der Waals surface area (Å²) in [7, 11) is 2.60. The molecule has 3 aliphatic heterocycles. The van der Waals surface area contributed by atoms with Gasteiger partial charge in [-0.1, -0.05) is 77.1 Å². The highest BCUT2D eigenvalue weighted by Crippen LogP contribution is 2.38. The normalized spacial score (nSPS) is 20.1. The van der Waals surface area contributed by atoms with Crippen LogP contribution in [0.25, 0.3) is 33.3 Å². The SMILES string of the molecule is COC(=O)NC(C(=O)N1C[C@@H](C)C[C@H]1C1=Nc2cc(-c3ccc(-c4ccc5nc([C@@H]6CCCN6C(=O)[C@@H](NC(=O)OC)C(C)C)[nH]c5c4)cc3)ccc2C1)C(C)C. The van der Waals surface area contributed by atoms with E-state index in [4.69, 9.17) is 19.5 Å². The van der Waals surface area contributed by atoms with Gasteiger partial charge in [-0.15, -0.1) is 0 Å². The molecule has 57 heavy (non-hydrogen) atoms. The summed E-state index contributed by atoms with van der Waals surface area (Å²) >= 11 is 0. The molecule has 2 saturated heterocycles. The van der Waals surface area contributed by atoms with Crippen molar-refractivity contribution < 1.29 is 28.7 Å². The van der Waals surface area contributed by atoms with Gasteiger partial charge in [0.1, 0.15) is 17.9 Å². The maximum absolute atomic E-state index is 13.8. The zero-order valence-electron chi connectivity index (χ0n) is 33.8. The Balaban J connectivity index is 1.06. The Morgan fingerprint density at radius 3 is 1.96 bits per heavy atom. The van der Waals surface area contributed by atoms with E-state index in [1.807, 2.05) is 43.6 Å². The minimum absolute atomic E-state index is 0.0967. The van der Waals surface area contributed by atoms with Crippen LogP contribution in [-0.4, -0.2) is 94.9 Å². The lowest BCUT2D eigenvalue weighted by molar-refractivity contribution is -0.135. The Hall–Kier alpha value is -5.72. The summed E-state index contributed by atoms with van der Waals surface area (Å²) < 4.78 is 9.58. The number of hydrogen-bond acceptors (Lipinski definition) is 8. The van der Waals surface area contributed by atoms with E-state index in [2.05, 4.69) is 77.1 Å². The maximum Gasteiger partial charge on any atom is 0.407 e. The molecule has 1 unspecified atom stereocenters. The Morgan fingerprint density at radius 1 is 0.772 bits per heavy atom. The number of aromatic nitrogens is 2. The highest BCUT2D eigenvalue weighted by Gasteiger charge is 2.41. The number of imidazole rings is 1. The number of carbonyl (C=O) groups excluding carboxylic acids is 4. The number of amides is 4. The number of methoxy groups -OCH3 is 2.